The molecule has 43 heavy (non-hydrogen) atoms. The Morgan fingerprint density at radius 3 is 2.65 bits per heavy atom. The van der Waals surface area contributed by atoms with Crippen molar-refractivity contribution >= 4 is 21.8 Å². The van der Waals surface area contributed by atoms with Crippen molar-refractivity contribution in [3.05, 3.63) is 83.0 Å². The van der Waals surface area contributed by atoms with Crippen LogP contribution in [-0.2, 0) is 21.4 Å². The van der Waals surface area contributed by atoms with Crippen LogP contribution < -0.4 is 10.6 Å². The maximum atomic E-state index is 15.1. The molecule has 2 saturated heterocycles. The summed E-state index contributed by atoms with van der Waals surface area (Å²) in [7, 11) is -3.62. The molecule has 12 heteroatoms. The van der Waals surface area contributed by atoms with Gasteiger partial charge >= 0.3 is 0 Å². The molecule has 3 heterocycles. The number of benzene rings is 1. The number of aryl methyl sites for hydroxylation is 1. The van der Waals surface area contributed by atoms with Gasteiger partial charge in [-0.25, -0.2) is 13.2 Å². The SMILES string of the molecule is Cc1cc(F)cc([C@@H](CC(=O)Nc2cncc(F)c2CC[C@H]2CNCCN2S(=O)(=O)N2CCCC2)C2C=CC(F)=CC2)c1. The molecule has 8 nitrogen and oxygen atoms in total. The average molecular weight is 618 g/mol. The largest absolute Gasteiger partial charge is 0.324 e. The predicted molar refractivity (Wildman–Crippen MR) is 159 cm³/mol. The van der Waals surface area contributed by atoms with E-state index in [0.29, 0.717) is 56.7 Å². The van der Waals surface area contributed by atoms with Crippen LogP contribution in [-0.4, -0.2) is 66.7 Å². The van der Waals surface area contributed by atoms with Crippen LogP contribution >= 0.6 is 0 Å². The van der Waals surface area contributed by atoms with Crippen LogP contribution in [0.4, 0.5) is 18.9 Å². The van der Waals surface area contributed by atoms with Crippen molar-refractivity contribution < 1.29 is 26.4 Å². The number of nitrogens with zero attached hydrogens (tertiary/aromatic N) is 3. The minimum Gasteiger partial charge on any atom is -0.324 e. The Kier molecular flexibility index (Phi) is 10.0. The highest BCUT2D eigenvalue weighted by molar-refractivity contribution is 7.86. The molecule has 1 aromatic carbocycles. The molecule has 2 aliphatic heterocycles. The smallest absolute Gasteiger partial charge is 0.282 e. The van der Waals surface area contributed by atoms with Gasteiger partial charge in [-0.3, -0.25) is 9.78 Å². The highest BCUT2D eigenvalue weighted by Gasteiger charge is 2.37. The number of rotatable bonds is 10. The lowest BCUT2D eigenvalue weighted by molar-refractivity contribution is -0.116. The Morgan fingerprint density at radius 2 is 1.93 bits per heavy atom. The average Bonchev–Trinajstić information content (AvgIpc) is 3.52. The fraction of sp³-hybridized carbons (Fsp3) is 0.484. The van der Waals surface area contributed by atoms with Crippen LogP contribution in [0.5, 0.6) is 0 Å². The third kappa shape index (κ3) is 7.54. The predicted octanol–water partition coefficient (Wildman–Crippen LogP) is 4.76. The van der Waals surface area contributed by atoms with Gasteiger partial charge in [0.2, 0.25) is 5.91 Å². The maximum Gasteiger partial charge on any atom is 0.282 e. The van der Waals surface area contributed by atoms with Crippen molar-refractivity contribution in [1.29, 1.82) is 0 Å². The third-order valence-electron chi connectivity index (χ3n) is 8.49. The molecule has 3 atom stereocenters. The van der Waals surface area contributed by atoms with Crippen molar-refractivity contribution in [1.82, 2.24) is 18.9 Å². The lowest BCUT2D eigenvalue weighted by Crippen LogP contribution is -2.57. The minimum atomic E-state index is -3.62. The molecule has 0 saturated carbocycles. The normalized spacial score (nSPS) is 22.4. The van der Waals surface area contributed by atoms with Gasteiger partial charge in [0.05, 0.1) is 18.1 Å². The zero-order valence-corrected chi connectivity index (χ0v) is 25.1. The summed E-state index contributed by atoms with van der Waals surface area (Å²) in [6.45, 7) is 4.10. The number of aromatic nitrogens is 1. The van der Waals surface area contributed by atoms with Crippen LogP contribution in [0.25, 0.3) is 0 Å². The van der Waals surface area contributed by atoms with E-state index in [2.05, 4.69) is 15.6 Å². The molecule has 1 aliphatic carbocycles. The Morgan fingerprint density at radius 1 is 1.14 bits per heavy atom. The van der Waals surface area contributed by atoms with Crippen LogP contribution in [0.2, 0.25) is 0 Å². The molecule has 0 radical (unpaired) electrons. The van der Waals surface area contributed by atoms with Crippen LogP contribution in [0.15, 0.2) is 54.6 Å². The number of carbonyl (C=O) groups excluding carboxylic acids is 1. The standard InChI is InChI=1S/C31H38F3N5O3S/c1-21-14-23(16-25(33)15-21)28(22-4-6-24(32)7-5-22)17-31(40)37-30-20-36-19-29(34)27(30)9-8-26-18-35-10-13-39(26)43(41,42)38-11-2-3-12-38/h4,6-7,14-16,19-20,22,26,28,35H,2-3,5,8-13,17-18H2,1H3,(H,37,40)/t22?,26-,28-/m0/s1. The Labute approximate surface area is 251 Å². The van der Waals surface area contributed by atoms with E-state index < -0.39 is 33.7 Å². The van der Waals surface area contributed by atoms with Gasteiger partial charge in [0.15, 0.2) is 0 Å². The number of carbonyl (C=O) groups is 1. The lowest BCUT2D eigenvalue weighted by atomic mass is 9.79. The molecule has 0 spiro atoms. The first-order chi connectivity index (χ1) is 20.6. The van der Waals surface area contributed by atoms with Crippen molar-refractivity contribution in [2.45, 2.75) is 57.4 Å². The molecule has 0 bridgehead atoms. The van der Waals surface area contributed by atoms with Crippen molar-refractivity contribution in [2.75, 3.05) is 38.0 Å². The molecule has 3 aliphatic rings. The van der Waals surface area contributed by atoms with Crippen molar-refractivity contribution in [3.63, 3.8) is 0 Å². The molecule has 2 aromatic rings. The number of hydrogen-bond donors (Lipinski definition) is 2. The monoisotopic (exact) mass is 617 g/mol. The summed E-state index contributed by atoms with van der Waals surface area (Å²) in [4.78, 5) is 17.3. The summed E-state index contributed by atoms with van der Waals surface area (Å²) in [5.41, 5.74) is 1.78. The van der Waals surface area contributed by atoms with E-state index in [9.17, 15) is 22.0 Å². The van der Waals surface area contributed by atoms with E-state index in [1.54, 1.807) is 13.0 Å². The van der Waals surface area contributed by atoms with Crippen molar-refractivity contribution in [2.24, 2.45) is 5.92 Å². The summed E-state index contributed by atoms with van der Waals surface area (Å²) in [5.74, 6) is -2.47. The molecule has 1 amide bonds. The molecule has 1 unspecified atom stereocenters. The first kappa shape index (κ1) is 31.4. The van der Waals surface area contributed by atoms with Crippen molar-refractivity contribution in [3.8, 4) is 0 Å². The maximum absolute atomic E-state index is 15.1. The highest BCUT2D eigenvalue weighted by Crippen LogP contribution is 2.36. The van der Waals surface area contributed by atoms with Gasteiger partial charge in [-0.15, -0.1) is 0 Å². The van der Waals surface area contributed by atoms with Crippen LogP contribution in [0.1, 0.15) is 54.7 Å². The van der Waals surface area contributed by atoms with Gasteiger partial charge in [0, 0.05) is 50.7 Å². The number of amides is 1. The summed E-state index contributed by atoms with van der Waals surface area (Å²) >= 11 is 0. The number of allylic oxidation sites excluding steroid dienone is 4. The zero-order valence-electron chi connectivity index (χ0n) is 24.2. The Balaban J connectivity index is 1.31. The molecular weight excluding hydrogens is 579 g/mol. The fourth-order valence-electron chi connectivity index (χ4n) is 6.30. The molecular formula is C31H38F3N5O3S. The Hall–Kier alpha value is -3.06. The molecule has 1 aromatic heterocycles. The number of pyridine rings is 1. The Bertz CT molecular complexity index is 1470. The summed E-state index contributed by atoms with van der Waals surface area (Å²) in [6, 6.07) is 4.24. The molecule has 2 fully saturated rings. The van der Waals surface area contributed by atoms with Crippen LogP contribution in [0.3, 0.4) is 0 Å². The third-order valence-corrected chi connectivity index (χ3v) is 10.6. The van der Waals surface area contributed by atoms with E-state index in [1.165, 1.54) is 39.1 Å². The van der Waals surface area contributed by atoms with Gasteiger partial charge in [-0.2, -0.15) is 17.0 Å². The second-order valence-corrected chi connectivity index (χ2v) is 13.4. The zero-order chi connectivity index (χ0) is 30.6. The summed E-state index contributed by atoms with van der Waals surface area (Å²) in [5, 5.41) is 6.04. The summed E-state index contributed by atoms with van der Waals surface area (Å²) < 4.78 is 72.9. The molecule has 5 rings (SSSR count). The van der Waals surface area contributed by atoms with E-state index in [4.69, 9.17) is 0 Å². The van der Waals surface area contributed by atoms with Crippen LogP contribution in [0, 0.1) is 24.5 Å². The van der Waals surface area contributed by atoms with Gasteiger partial charge in [-0.05, 0) is 86.3 Å². The number of anilines is 1. The fourth-order valence-corrected chi connectivity index (χ4v) is 8.19. The van der Waals surface area contributed by atoms with E-state index in [0.717, 1.165) is 19.0 Å². The molecule has 2 N–H and O–H groups in total. The second kappa shape index (κ2) is 13.7. The molecule has 232 valence electrons. The van der Waals surface area contributed by atoms with Gasteiger partial charge in [-0.1, -0.05) is 12.1 Å². The second-order valence-electron chi connectivity index (χ2n) is 11.5. The lowest BCUT2D eigenvalue weighted by Gasteiger charge is -2.37. The van der Waals surface area contributed by atoms with Gasteiger partial charge in [0.25, 0.3) is 10.2 Å². The van der Waals surface area contributed by atoms with Gasteiger partial charge < -0.3 is 10.6 Å². The topological polar surface area (TPSA) is 94.6 Å². The first-order valence-corrected chi connectivity index (χ1v) is 16.2. The minimum absolute atomic E-state index is 0.0439. The van der Waals surface area contributed by atoms with E-state index >= 15 is 4.39 Å². The van der Waals surface area contributed by atoms with E-state index in [1.807, 2.05) is 6.07 Å². The number of nitrogens with one attached hydrogen (secondary N) is 2. The summed E-state index contributed by atoms with van der Waals surface area (Å²) in [6.07, 6.45) is 9.48. The first-order valence-electron chi connectivity index (χ1n) is 14.8. The quantitative estimate of drug-likeness (QED) is 0.401. The number of piperazine rings is 1. The highest BCUT2D eigenvalue weighted by atomic mass is 32.2. The number of hydrogen-bond acceptors (Lipinski definition) is 5. The van der Waals surface area contributed by atoms with Gasteiger partial charge in [0.1, 0.15) is 17.5 Å². The number of halogens is 3. The van der Waals surface area contributed by atoms with E-state index in [-0.39, 0.29) is 41.9 Å².